The van der Waals surface area contributed by atoms with Crippen LogP contribution >= 0.6 is 11.6 Å². The summed E-state index contributed by atoms with van der Waals surface area (Å²) in [4.78, 5) is 14.4. The molecule has 2 aromatic carbocycles. The van der Waals surface area contributed by atoms with E-state index in [0.29, 0.717) is 17.3 Å². The summed E-state index contributed by atoms with van der Waals surface area (Å²) in [5.41, 5.74) is 2.96. The summed E-state index contributed by atoms with van der Waals surface area (Å²) < 4.78 is 2.12. The number of para-hydroxylation sites is 2. The van der Waals surface area contributed by atoms with Gasteiger partial charge in [-0.05, 0) is 37.9 Å². The van der Waals surface area contributed by atoms with E-state index in [2.05, 4.69) is 38.4 Å². The largest absolute Gasteiger partial charge is 0.350 e. The lowest BCUT2D eigenvalue weighted by Gasteiger charge is -2.24. The molecule has 0 spiro atoms. The summed E-state index contributed by atoms with van der Waals surface area (Å²) in [6.45, 7) is 0.483. The van der Waals surface area contributed by atoms with Crippen LogP contribution in [0.3, 0.4) is 0 Å². The molecule has 1 heterocycles. The van der Waals surface area contributed by atoms with Crippen molar-refractivity contribution in [1.29, 1.82) is 0 Å². The van der Waals surface area contributed by atoms with Crippen molar-refractivity contribution in [2.24, 2.45) is 7.05 Å². The van der Waals surface area contributed by atoms with Crippen LogP contribution in [0.4, 0.5) is 10.5 Å². The second kappa shape index (κ2) is 7.81. The molecule has 26 heavy (non-hydrogen) atoms. The molecule has 5 nitrogen and oxygen atoms in total. The number of carbonyl (C=O) groups is 1. The molecule has 0 aliphatic heterocycles. The van der Waals surface area contributed by atoms with Gasteiger partial charge in [0.25, 0.3) is 0 Å². The number of anilines is 1. The molecule has 1 atom stereocenters. The SMILES string of the molecule is CN(C)[C@H](CNC(=O)Nc1ccccc1Cl)c1cn(C)c2ccccc12. The van der Waals surface area contributed by atoms with Gasteiger partial charge in [-0.1, -0.05) is 41.9 Å². The van der Waals surface area contributed by atoms with Crippen LogP contribution in [0.5, 0.6) is 0 Å². The zero-order valence-electron chi connectivity index (χ0n) is 15.2. The fraction of sp³-hybridized carbons (Fsp3) is 0.250. The van der Waals surface area contributed by atoms with Gasteiger partial charge in [0.15, 0.2) is 0 Å². The van der Waals surface area contributed by atoms with Gasteiger partial charge in [0.1, 0.15) is 0 Å². The van der Waals surface area contributed by atoms with Crippen molar-refractivity contribution in [3.63, 3.8) is 0 Å². The minimum Gasteiger partial charge on any atom is -0.350 e. The highest BCUT2D eigenvalue weighted by molar-refractivity contribution is 6.33. The van der Waals surface area contributed by atoms with Crippen LogP contribution < -0.4 is 10.6 Å². The number of benzene rings is 2. The van der Waals surface area contributed by atoms with Gasteiger partial charge in [-0.3, -0.25) is 0 Å². The third-order valence-electron chi connectivity index (χ3n) is 4.49. The highest BCUT2D eigenvalue weighted by Gasteiger charge is 2.20. The third-order valence-corrected chi connectivity index (χ3v) is 4.82. The first-order chi connectivity index (χ1) is 12.5. The van der Waals surface area contributed by atoms with E-state index in [1.54, 1.807) is 12.1 Å². The lowest BCUT2D eigenvalue weighted by atomic mass is 10.0. The lowest BCUT2D eigenvalue weighted by Crippen LogP contribution is -2.36. The van der Waals surface area contributed by atoms with Gasteiger partial charge in [0.05, 0.1) is 16.8 Å². The second-order valence-electron chi connectivity index (χ2n) is 6.51. The van der Waals surface area contributed by atoms with E-state index in [9.17, 15) is 4.79 Å². The molecular formula is C20H23ClN4O. The predicted molar refractivity (Wildman–Crippen MR) is 108 cm³/mol. The van der Waals surface area contributed by atoms with Crippen LogP contribution in [0.15, 0.2) is 54.7 Å². The Bertz CT molecular complexity index is 919. The lowest BCUT2D eigenvalue weighted by molar-refractivity contribution is 0.243. The Balaban J connectivity index is 1.75. The topological polar surface area (TPSA) is 49.3 Å². The first kappa shape index (κ1) is 18.3. The summed E-state index contributed by atoms with van der Waals surface area (Å²) in [6.07, 6.45) is 2.13. The van der Waals surface area contributed by atoms with Gasteiger partial charge >= 0.3 is 6.03 Å². The number of aryl methyl sites for hydroxylation is 1. The van der Waals surface area contributed by atoms with Crippen molar-refractivity contribution >= 4 is 34.2 Å². The number of amides is 2. The molecule has 2 N–H and O–H groups in total. The van der Waals surface area contributed by atoms with Gasteiger partial charge in [0.2, 0.25) is 0 Å². The molecule has 0 unspecified atom stereocenters. The average Bonchev–Trinajstić information content (AvgIpc) is 2.94. The number of urea groups is 1. The smallest absolute Gasteiger partial charge is 0.319 e. The van der Waals surface area contributed by atoms with E-state index in [0.717, 1.165) is 0 Å². The number of hydrogen-bond acceptors (Lipinski definition) is 2. The molecule has 0 bridgehead atoms. The quantitative estimate of drug-likeness (QED) is 0.705. The summed E-state index contributed by atoms with van der Waals surface area (Å²) in [6, 6.07) is 15.2. The Morgan fingerprint density at radius 2 is 1.85 bits per heavy atom. The summed E-state index contributed by atoms with van der Waals surface area (Å²) in [5, 5.41) is 7.46. The summed E-state index contributed by atoms with van der Waals surface area (Å²) in [7, 11) is 6.07. The predicted octanol–water partition coefficient (Wildman–Crippen LogP) is 4.26. The van der Waals surface area contributed by atoms with Crippen LogP contribution in [0.25, 0.3) is 10.9 Å². The molecule has 0 fully saturated rings. The van der Waals surface area contributed by atoms with Crippen LogP contribution in [0, 0.1) is 0 Å². The minimum absolute atomic E-state index is 0.0538. The zero-order chi connectivity index (χ0) is 18.7. The standard InChI is InChI=1S/C20H23ClN4O/c1-24(2)19(15-13-25(3)18-11-7-4-8-14(15)18)12-22-20(26)23-17-10-6-5-9-16(17)21/h4-11,13,19H,12H2,1-3H3,(H2,22,23,26)/t19-/m1/s1. The molecule has 0 saturated carbocycles. The maximum Gasteiger partial charge on any atom is 0.319 e. The molecule has 0 radical (unpaired) electrons. The Kier molecular flexibility index (Phi) is 5.49. The molecule has 0 aliphatic carbocycles. The zero-order valence-corrected chi connectivity index (χ0v) is 15.9. The van der Waals surface area contributed by atoms with Gasteiger partial charge in [-0.15, -0.1) is 0 Å². The van der Waals surface area contributed by atoms with E-state index in [1.807, 2.05) is 45.4 Å². The van der Waals surface area contributed by atoms with Crippen molar-refractivity contribution in [3.8, 4) is 0 Å². The number of rotatable bonds is 5. The number of carbonyl (C=O) groups excluding carboxylic acids is 1. The molecule has 0 aliphatic rings. The Labute approximate surface area is 158 Å². The third kappa shape index (κ3) is 3.84. The number of halogens is 1. The molecule has 1 aromatic heterocycles. The number of likely N-dealkylation sites (N-methyl/N-ethyl adjacent to an activating group) is 1. The number of aromatic nitrogens is 1. The van der Waals surface area contributed by atoms with Crippen molar-refractivity contribution in [3.05, 3.63) is 65.3 Å². The van der Waals surface area contributed by atoms with Gasteiger partial charge in [0, 0.05) is 30.7 Å². The number of hydrogen-bond donors (Lipinski definition) is 2. The summed E-state index contributed by atoms with van der Waals surface area (Å²) >= 11 is 6.09. The van der Waals surface area contributed by atoms with Gasteiger partial charge in [-0.2, -0.15) is 0 Å². The maximum atomic E-state index is 12.3. The normalized spacial score (nSPS) is 12.3. The first-order valence-corrected chi connectivity index (χ1v) is 8.85. The van der Waals surface area contributed by atoms with E-state index >= 15 is 0 Å². The van der Waals surface area contributed by atoms with E-state index in [4.69, 9.17) is 11.6 Å². The van der Waals surface area contributed by atoms with Crippen LogP contribution in [0.2, 0.25) is 5.02 Å². The molecular weight excluding hydrogens is 348 g/mol. The van der Waals surface area contributed by atoms with Crippen molar-refractivity contribution in [2.75, 3.05) is 26.0 Å². The molecule has 136 valence electrons. The number of nitrogens with zero attached hydrogens (tertiary/aromatic N) is 2. The summed E-state index contributed by atoms with van der Waals surface area (Å²) in [5.74, 6) is 0. The molecule has 2 amide bonds. The van der Waals surface area contributed by atoms with Crippen LogP contribution in [-0.2, 0) is 7.05 Å². The fourth-order valence-corrected chi connectivity index (χ4v) is 3.31. The Morgan fingerprint density at radius 1 is 1.15 bits per heavy atom. The number of nitrogens with one attached hydrogen (secondary N) is 2. The number of fused-ring (bicyclic) bond motifs is 1. The molecule has 3 rings (SSSR count). The Morgan fingerprint density at radius 3 is 2.58 bits per heavy atom. The molecule has 0 saturated heterocycles. The molecule has 6 heteroatoms. The van der Waals surface area contributed by atoms with Gasteiger partial charge in [-0.25, -0.2) is 4.79 Å². The van der Waals surface area contributed by atoms with E-state index in [-0.39, 0.29) is 12.1 Å². The maximum absolute atomic E-state index is 12.3. The van der Waals surface area contributed by atoms with Gasteiger partial charge < -0.3 is 20.1 Å². The second-order valence-corrected chi connectivity index (χ2v) is 6.91. The fourth-order valence-electron chi connectivity index (χ4n) is 3.13. The van der Waals surface area contributed by atoms with E-state index < -0.39 is 0 Å². The Hall–Kier alpha value is -2.50. The van der Waals surface area contributed by atoms with Crippen LogP contribution in [0.1, 0.15) is 11.6 Å². The minimum atomic E-state index is -0.273. The highest BCUT2D eigenvalue weighted by Crippen LogP contribution is 2.28. The highest BCUT2D eigenvalue weighted by atomic mass is 35.5. The van der Waals surface area contributed by atoms with Crippen LogP contribution in [-0.4, -0.2) is 36.1 Å². The monoisotopic (exact) mass is 370 g/mol. The molecule has 3 aromatic rings. The average molecular weight is 371 g/mol. The first-order valence-electron chi connectivity index (χ1n) is 8.47. The van der Waals surface area contributed by atoms with Crippen molar-refractivity contribution < 1.29 is 4.79 Å². The van der Waals surface area contributed by atoms with E-state index in [1.165, 1.54) is 16.5 Å². The van der Waals surface area contributed by atoms with Crippen molar-refractivity contribution in [1.82, 2.24) is 14.8 Å². The van der Waals surface area contributed by atoms with Crippen molar-refractivity contribution in [2.45, 2.75) is 6.04 Å².